The summed E-state index contributed by atoms with van der Waals surface area (Å²) in [7, 11) is -2.03. The molecular weight excluding hydrogens is 210 g/mol. The molecule has 0 fully saturated rings. The molecule has 0 aromatic heterocycles. The summed E-state index contributed by atoms with van der Waals surface area (Å²) in [6.07, 6.45) is 0. The molecule has 1 atom stereocenters. The number of methoxy groups -OCH3 is 1. The molecule has 7 heteroatoms. The van der Waals surface area contributed by atoms with E-state index in [0.717, 1.165) is 0 Å². The molecule has 14 heavy (non-hydrogen) atoms. The van der Waals surface area contributed by atoms with E-state index in [2.05, 4.69) is 9.46 Å². The zero-order chi connectivity index (χ0) is 11.2. The summed E-state index contributed by atoms with van der Waals surface area (Å²) >= 11 is 0. The number of nitrogens with one attached hydrogen (secondary N) is 1. The lowest BCUT2D eigenvalue weighted by atomic mass is 10.1. The van der Waals surface area contributed by atoms with Gasteiger partial charge in [-0.1, -0.05) is 0 Å². The van der Waals surface area contributed by atoms with Crippen LogP contribution in [0.15, 0.2) is 0 Å². The van der Waals surface area contributed by atoms with Gasteiger partial charge in [0, 0.05) is 13.7 Å². The molecule has 0 aromatic carbocycles. The average Bonchev–Trinajstić information content (AvgIpc) is 2.12. The maximum Gasteiger partial charge on any atom is 0.213 e. The standard InChI is InChI=1S/C7H17NO5S/c1-7(10,6-9)5-8-14(11,12)4-3-13-2/h8-10H,3-6H2,1-2H3. The van der Waals surface area contributed by atoms with Crippen LogP contribution in [0.2, 0.25) is 0 Å². The van der Waals surface area contributed by atoms with Crippen molar-refractivity contribution in [1.82, 2.24) is 4.72 Å². The highest BCUT2D eigenvalue weighted by molar-refractivity contribution is 7.89. The molecule has 0 saturated carbocycles. The van der Waals surface area contributed by atoms with E-state index in [-0.39, 0.29) is 18.9 Å². The zero-order valence-corrected chi connectivity index (χ0v) is 9.17. The quantitative estimate of drug-likeness (QED) is 0.481. The number of aliphatic hydroxyl groups is 2. The molecule has 0 amide bonds. The van der Waals surface area contributed by atoms with Gasteiger partial charge in [-0.3, -0.25) is 0 Å². The second kappa shape index (κ2) is 5.62. The van der Waals surface area contributed by atoms with Crippen molar-refractivity contribution in [3.05, 3.63) is 0 Å². The Morgan fingerprint density at radius 2 is 2.07 bits per heavy atom. The third kappa shape index (κ3) is 6.28. The number of hydrogen-bond acceptors (Lipinski definition) is 5. The molecule has 0 heterocycles. The first kappa shape index (κ1) is 13.8. The summed E-state index contributed by atoms with van der Waals surface area (Å²) in [6, 6.07) is 0. The van der Waals surface area contributed by atoms with Gasteiger partial charge in [-0.15, -0.1) is 0 Å². The first-order chi connectivity index (χ1) is 6.33. The highest BCUT2D eigenvalue weighted by Gasteiger charge is 2.21. The van der Waals surface area contributed by atoms with Gasteiger partial charge in [0.1, 0.15) is 0 Å². The van der Waals surface area contributed by atoms with Gasteiger partial charge in [0.05, 0.1) is 24.6 Å². The van der Waals surface area contributed by atoms with Crippen LogP contribution in [0, 0.1) is 0 Å². The smallest absolute Gasteiger partial charge is 0.213 e. The third-order valence-corrected chi connectivity index (χ3v) is 2.86. The fourth-order valence-corrected chi connectivity index (χ4v) is 1.65. The van der Waals surface area contributed by atoms with E-state index in [9.17, 15) is 13.5 Å². The van der Waals surface area contributed by atoms with Crippen molar-refractivity contribution in [3.8, 4) is 0 Å². The predicted molar refractivity (Wildman–Crippen MR) is 51.4 cm³/mol. The number of sulfonamides is 1. The van der Waals surface area contributed by atoms with Gasteiger partial charge in [-0.2, -0.15) is 0 Å². The van der Waals surface area contributed by atoms with E-state index >= 15 is 0 Å². The van der Waals surface area contributed by atoms with Gasteiger partial charge in [0.15, 0.2) is 0 Å². The van der Waals surface area contributed by atoms with Crippen LogP contribution in [0.1, 0.15) is 6.92 Å². The fraction of sp³-hybridized carbons (Fsp3) is 1.00. The normalized spacial score (nSPS) is 16.6. The second-order valence-corrected chi connectivity index (χ2v) is 5.21. The Hall–Kier alpha value is -0.210. The summed E-state index contributed by atoms with van der Waals surface area (Å²) in [4.78, 5) is 0. The Balaban J connectivity index is 4.00. The molecular formula is C7H17NO5S. The van der Waals surface area contributed by atoms with E-state index in [1.54, 1.807) is 0 Å². The van der Waals surface area contributed by atoms with Crippen LogP contribution in [0.5, 0.6) is 0 Å². The summed E-state index contributed by atoms with van der Waals surface area (Å²) < 4.78 is 29.1. The molecule has 0 aliphatic carbocycles. The summed E-state index contributed by atoms with van der Waals surface area (Å²) in [5.41, 5.74) is -1.43. The van der Waals surface area contributed by atoms with Crippen molar-refractivity contribution in [3.63, 3.8) is 0 Å². The van der Waals surface area contributed by atoms with Crippen LogP contribution in [0.4, 0.5) is 0 Å². The fourth-order valence-electron chi connectivity index (χ4n) is 0.587. The Bertz CT molecular complexity index is 249. The van der Waals surface area contributed by atoms with Crippen molar-refractivity contribution in [2.24, 2.45) is 0 Å². The highest BCUT2D eigenvalue weighted by Crippen LogP contribution is 1.99. The lowest BCUT2D eigenvalue weighted by Gasteiger charge is -2.20. The molecule has 0 saturated heterocycles. The SMILES string of the molecule is COCCS(=O)(=O)NCC(C)(O)CO. The summed E-state index contributed by atoms with van der Waals surface area (Å²) in [6.45, 7) is 0.720. The lowest BCUT2D eigenvalue weighted by Crippen LogP contribution is -2.44. The van der Waals surface area contributed by atoms with Crippen LogP contribution in [-0.4, -0.2) is 56.9 Å². The molecule has 1 unspecified atom stereocenters. The van der Waals surface area contributed by atoms with E-state index < -0.39 is 22.2 Å². The van der Waals surface area contributed by atoms with Crippen LogP contribution >= 0.6 is 0 Å². The molecule has 0 radical (unpaired) electrons. The largest absolute Gasteiger partial charge is 0.393 e. The number of aliphatic hydroxyl groups excluding tert-OH is 1. The monoisotopic (exact) mass is 227 g/mol. The van der Waals surface area contributed by atoms with Gasteiger partial charge >= 0.3 is 0 Å². The summed E-state index contributed by atoms with van der Waals surface area (Å²) in [5, 5.41) is 18.0. The minimum atomic E-state index is -3.43. The van der Waals surface area contributed by atoms with Crippen molar-refractivity contribution in [1.29, 1.82) is 0 Å². The Morgan fingerprint density at radius 1 is 1.50 bits per heavy atom. The van der Waals surface area contributed by atoms with Crippen molar-refractivity contribution in [2.75, 3.05) is 32.6 Å². The molecule has 86 valence electrons. The van der Waals surface area contributed by atoms with Gasteiger partial charge in [-0.05, 0) is 6.92 Å². The highest BCUT2D eigenvalue weighted by atomic mass is 32.2. The number of ether oxygens (including phenoxy) is 1. The first-order valence-corrected chi connectivity index (χ1v) is 5.78. The van der Waals surface area contributed by atoms with Gasteiger partial charge in [0.25, 0.3) is 0 Å². The summed E-state index contributed by atoms with van der Waals surface area (Å²) in [5.74, 6) is -0.162. The van der Waals surface area contributed by atoms with Gasteiger partial charge in [0.2, 0.25) is 10.0 Å². The van der Waals surface area contributed by atoms with Crippen LogP contribution in [0.25, 0.3) is 0 Å². The molecule has 0 aromatic rings. The molecule has 0 rings (SSSR count). The minimum absolute atomic E-state index is 0.0939. The van der Waals surface area contributed by atoms with E-state index in [1.165, 1.54) is 14.0 Å². The Labute approximate surface area is 83.9 Å². The molecule has 6 nitrogen and oxygen atoms in total. The minimum Gasteiger partial charge on any atom is -0.393 e. The van der Waals surface area contributed by atoms with Crippen LogP contribution < -0.4 is 4.72 Å². The van der Waals surface area contributed by atoms with Crippen LogP contribution in [0.3, 0.4) is 0 Å². The van der Waals surface area contributed by atoms with Gasteiger partial charge < -0.3 is 14.9 Å². The average molecular weight is 227 g/mol. The second-order valence-electron chi connectivity index (χ2n) is 3.29. The zero-order valence-electron chi connectivity index (χ0n) is 8.36. The number of rotatable bonds is 7. The van der Waals surface area contributed by atoms with Crippen molar-refractivity contribution >= 4 is 10.0 Å². The van der Waals surface area contributed by atoms with E-state index in [0.29, 0.717) is 0 Å². The maximum absolute atomic E-state index is 11.2. The molecule has 0 aliphatic rings. The lowest BCUT2D eigenvalue weighted by molar-refractivity contribution is 0.00679. The van der Waals surface area contributed by atoms with Crippen LogP contribution in [-0.2, 0) is 14.8 Å². The molecule has 3 N–H and O–H groups in total. The topological polar surface area (TPSA) is 95.9 Å². The van der Waals surface area contributed by atoms with Gasteiger partial charge in [-0.25, -0.2) is 13.1 Å². The number of hydrogen-bond donors (Lipinski definition) is 3. The third-order valence-electron chi connectivity index (χ3n) is 1.57. The predicted octanol–water partition coefficient (Wildman–Crippen LogP) is -1.70. The van der Waals surface area contributed by atoms with Crippen molar-refractivity contribution in [2.45, 2.75) is 12.5 Å². The van der Waals surface area contributed by atoms with E-state index in [4.69, 9.17) is 5.11 Å². The first-order valence-electron chi connectivity index (χ1n) is 4.12. The van der Waals surface area contributed by atoms with E-state index in [1.807, 2.05) is 0 Å². The molecule has 0 spiro atoms. The maximum atomic E-state index is 11.2. The van der Waals surface area contributed by atoms with Crippen molar-refractivity contribution < 1.29 is 23.4 Å². The molecule has 0 aliphatic heterocycles. The Kier molecular flexibility index (Phi) is 5.53. The Morgan fingerprint density at radius 3 is 2.50 bits per heavy atom. The molecule has 0 bridgehead atoms.